The Morgan fingerprint density at radius 1 is 1.03 bits per heavy atom. The summed E-state index contributed by atoms with van der Waals surface area (Å²) in [5.74, 6) is 0.611. The number of nitrogens with one attached hydrogen (secondary N) is 1. The lowest BCUT2D eigenvalue weighted by molar-refractivity contribution is -0.136. The quantitative estimate of drug-likeness (QED) is 0.753. The van der Waals surface area contributed by atoms with E-state index in [9.17, 15) is 4.79 Å². The third-order valence-corrected chi connectivity index (χ3v) is 6.39. The van der Waals surface area contributed by atoms with E-state index in [-0.39, 0.29) is 23.7 Å². The van der Waals surface area contributed by atoms with Crippen LogP contribution < -0.4 is 5.32 Å². The lowest BCUT2D eigenvalue weighted by Gasteiger charge is -2.37. The number of aromatic nitrogens is 2. The molecule has 1 saturated heterocycles. The van der Waals surface area contributed by atoms with Crippen LogP contribution in [0.15, 0.2) is 67.0 Å². The molecular formula is C24H26N4O. The number of hydrogen-bond acceptors (Lipinski definition) is 3. The first-order valence-corrected chi connectivity index (χ1v) is 10.3. The van der Waals surface area contributed by atoms with Crippen LogP contribution in [0.3, 0.4) is 0 Å². The van der Waals surface area contributed by atoms with Gasteiger partial charge in [0.05, 0.1) is 12.1 Å². The summed E-state index contributed by atoms with van der Waals surface area (Å²) in [5.41, 5.74) is 5.01. The van der Waals surface area contributed by atoms with Crippen LogP contribution in [-0.4, -0.2) is 40.2 Å². The molecule has 1 N–H and O–H groups in total. The second kappa shape index (κ2) is 7.48. The minimum atomic E-state index is -0.0408. The molecule has 1 unspecified atom stereocenters. The fraction of sp³-hybridized carbons (Fsp3) is 0.333. The van der Waals surface area contributed by atoms with E-state index < -0.39 is 0 Å². The van der Waals surface area contributed by atoms with Crippen LogP contribution >= 0.6 is 0 Å². The van der Waals surface area contributed by atoms with Gasteiger partial charge >= 0.3 is 0 Å². The van der Waals surface area contributed by atoms with Crippen LogP contribution in [0.1, 0.15) is 34.1 Å². The van der Waals surface area contributed by atoms with Gasteiger partial charge in [-0.3, -0.25) is 9.48 Å². The summed E-state index contributed by atoms with van der Waals surface area (Å²) in [6, 6.07) is 19.1. The smallest absolute Gasteiger partial charge is 0.227 e. The van der Waals surface area contributed by atoms with Gasteiger partial charge in [-0.15, -0.1) is 0 Å². The molecule has 3 aromatic rings. The number of aryl methyl sites for hydroxylation is 1. The minimum Gasteiger partial charge on any atom is -0.337 e. The monoisotopic (exact) mass is 386 g/mol. The van der Waals surface area contributed by atoms with Crippen molar-refractivity contribution in [2.45, 2.75) is 18.4 Å². The van der Waals surface area contributed by atoms with Crippen molar-refractivity contribution in [2.24, 2.45) is 13.0 Å². The first-order chi connectivity index (χ1) is 14.2. The molecule has 3 atom stereocenters. The molecule has 2 aliphatic heterocycles. The molecule has 1 amide bonds. The molecule has 1 fully saturated rings. The highest BCUT2D eigenvalue weighted by Crippen LogP contribution is 2.36. The summed E-state index contributed by atoms with van der Waals surface area (Å²) in [6.07, 6.45) is 3.94. The highest BCUT2D eigenvalue weighted by Gasteiger charge is 2.39. The van der Waals surface area contributed by atoms with Gasteiger partial charge in [0.15, 0.2) is 0 Å². The van der Waals surface area contributed by atoms with Crippen LogP contribution in [0.25, 0.3) is 0 Å². The summed E-state index contributed by atoms with van der Waals surface area (Å²) in [4.78, 5) is 15.7. The van der Waals surface area contributed by atoms with Gasteiger partial charge in [-0.2, -0.15) is 5.10 Å². The lowest BCUT2D eigenvalue weighted by Crippen LogP contribution is -2.43. The van der Waals surface area contributed by atoms with Gasteiger partial charge in [0, 0.05) is 51.3 Å². The standard InChI is InChI=1S/C24H26N4O/c1-27-14-19(11-26-27)21-12-25-13-22(21)24(29)28-15-18-9-5-6-10-20(18)23(16-28)17-7-3-2-4-8-17/h2-11,14,21-23,25H,12-13,15-16H2,1H3/t21-,22+,23?/m1/s1. The second-order valence-corrected chi connectivity index (χ2v) is 8.20. The second-order valence-electron chi connectivity index (χ2n) is 8.20. The molecule has 3 heterocycles. The predicted octanol–water partition coefficient (Wildman–Crippen LogP) is 2.90. The Morgan fingerprint density at radius 2 is 1.83 bits per heavy atom. The number of fused-ring (bicyclic) bond motifs is 1. The van der Waals surface area contributed by atoms with Gasteiger partial charge in [0.2, 0.25) is 5.91 Å². The molecule has 5 heteroatoms. The molecule has 0 spiro atoms. The Bertz CT molecular complexity index is 1010. The summed E-state index contributed by atoms with van der Waals surface area (Å²) in [6.45, 7) is 2.98. The van der Waals surface area contributed by atoms with Gasteiger partial charge in [0.25, 0.3) is 0 Å². The molecule has 5 rings (SSSR count). The van der Waals surface area contributed by atoms with E-state index in [4.69, 9.17) is 0 Å². The van der Waals surface area contributed by atoms with Crippen molar-refractivity contribution in [1.29, 1.82) is 0 Å². The molecule has 29 heavy (non-hydrogen) atoms. The maximum Gasteiger partial charge on any atom is 0.227 e. The number of amides is 1. The van der Waals surface area contributed by atoms with Gasteiger partial charge in [-0.05, 0) is 22.3 Å². The van der Waals surface area contributed by atoms with Crippen molar-refractivity contribution in [3.63, 3.8) is 0 Å². The Kier molecular flexibility index (Phi) is 4.68. The summed E-state index contributed by atoms with van der Waals surface area (Å²) in [7, 11) is 1.93. The van der Waals surface area contributed by atoms with E-state index in [1.807, 2.05) is 30.2 Å². The zero-order valence-corrected chi connectivity index (χ0v) is 16.7. The highest BCUT2D eigenvalue weighted by molar-refractivity contribution is 5.81. The van der Waals surface area contributed by atoms with Crippen LogP contribution in [0.4, 0.5) is 0 Å². The van der Waals surface area contributed by atoms with Gasteiger partial charge in [0.1, 0.15) is 0 Å². The van der Waals surface area contributed by atoms with Crippen LogP contribution in [-0.2, 0) is 18.4 Å². The molecule has 1 aromatic heterocycles. The van der Waals surface area contributed by atoms with Crippen molar-refractivity contribution in [3.8, 4) is 0 Å². The maximum atomic E-state index is 13.6. The topological polar surface area (TPSA) is 50.2 Å². The first-order valence-electron chi connectivity index (χ1n) is 10.3. The number of nitrogens with zero attached hydrogens (tertiary/aromatic N) is 3. The number of hydrogen-bond donors (Lipinski definition) is 1. The molecule has 5 nitrogen and oxygen atoms in total. The van der Waals surface area contributed by atoms with Crippen molar-refractivity contribution in [1.82, 2.24) is 20.0 Å². The van der Waals surface area contributed by atoms with Gasteiger partial charge in [-0.25, -0.2) is 0 Å². The largest absolute Gasteiger partial charge is 0.337 e. The van der Waals surface area contributed by atoms with E-state index in [0.717, 1.165) is 25.2 Å². The Morgan fingerprint density at radius 3 is 2.62 bits per heavy atom. The summed E-state index contributed by atoms with van der Waals surface area (Å²) < 4.78 is 1.82. The maximum absolute atomic E-state index is 13.6. The van der Waals surface area contributed by atoms with Crippen LogP contribution in [0.2, 0.25) is 0 Å². The minimum absolute atomic E-state index is 0.0408. The molecule has 148 valence electrons. The number of carbonyl (C=O) groups excluding carboxylic acids is 1. The SMILES string of the molecule is Cn1cc([C@H]2CNC[C@@H]2C(=O)N2Cc3ccccc3C(c3ccccc3)C2)cn1. The molecule has 2 aromatic carbocycles. The molecular weight excluding hydrogens is 360 g/mol. The zero-order chi connectivity index (χ0) is 19.8. The molecule has 0 saturated carbocycles. The predicted molar refractivity (Wildman–Crippen MR) is 112 cm³/mol. The van der Waals surface area contributed by atoms with E-state index in [1.54, 1.807) is 0 Å². The molecule has 0 radical (unpaired) electrons. The van der Waals surface area contributed by atoms with E-state index >= 15 is 0 Å². The van der Waals surface area contributed by atoms with Crippen LogP contribution in [0, 0.1) is 5.92 Å². The first kappa shape index (κ1) is 18.1. The van der Waals surface area contributed by atoms with E-state index in [2.05, 4.69) is 63.8 Å². The summed E-state index contributed by atoms with van der Waals surface area (Å²) >= 11 is 0. The Labute approximate surface area is 171 Å². The van der Waals surface area contributed by atoms with E-state index in [1.165, 1.54) is 16.7 Å². The number of benzene rings is 2. The average Bonchev–Trinajstić information content (AvgIpc) is 3.42. The van der Waals surface area contributed by atoms with Crippen molar-refractivity contribution < 1.29 is 4.79 Å². The fourth-order valence-corrected chi connectivity index (χ4v) is 4.90. The van der Waals surface area contributed by atoms with Crippen molar-refractivity contribution in [2.75, 3.05) is 19.6 Å². The fourth-order valence-electron chi connectivity index (χ4n) is 4.90. The van der Waals surface area contributed by atoms with Crippen molar-refractivity contribution in [3.05, 3.63) is 89.2 Å². The third kappa shape index (κ3) is 3.36. The summed E-state index contributed by atoms with van der Waals surface area (Å²) in [5, 5.41) is 7.74. The van der Waals surface area contributed by atoms with Gasteiger partial charge < -0.3 is 10.2 Å². The molecule has 2 aliphatic rings. The van der Waals surface area contributed by atoms with Crippen LogP contribution in [0.5, 0.6) is 0 Å². The Balaban J connectivity index is 1.44. The third-order valence-electron chi connectivity index (χ3n) is 6.39. The lowest BCUT2D eigenvalue weighted by atomic mass is 9.83. The Hall–Kier alpha value is -2.92. The average molecular weight is 386 g/mol. The van der Waals surface area contributed by atoms with E-state index in [0.29, 0.717) is 6.54 Å². The number of carbonyl (C=O) groups is 1. The normalized spacial score (nSPS) is 23.8. The van der Waals surface area contributed by atoms with Crippen molar-refractivity contribution >= 4 is 5.91 Å². The van der Waals surface area contributed by atoms with Gasteiger partial charge in [-0.1, -0.05) is 54.6 Å². The highest BCUT2D eigenvalue weighted by atomic mass is 16.2. The number of rotatable bonds is 3. The molecule has 0 aliphatic carbocycles. The zero-order valence-electron chi connectivity index (χ0n) is 16.7. The molecule has 0 bridgehead atoms.